The van der Waals surface area contributed by atoms with E-state index in [1.54, 1.807) is 0 Å². The van der Waals surface area contributed by atoms with Gasteiger partial charge in [0.05, 0.1) is 0 Å². The fourth-order valence-corrected chi connectivity index (χ4v) is 1.91. The van der Waals surface area contributed by atoms with Crippen molar-refractivity contribution in [3.63, 3.8) is 0 Å². The summed E-state index contributed by atoms with van der Waals surface area (Å²) >= 11 is 0. The Balaban J connectivity index is 2.66. The van der Waals surface area contributed by atoms with Crippen molar-refractivity contribution < 1.29 is 9.53 Å². The Hall–Kier alpha value is -1.35. The van der Waals surface area contributed by atoms with Gasteiger partial charge in [0, 0.05) is 0 Å². The van der Waals surface area contributed by atoms with Gasteiger partial charge in [-0.3, -0.25) is 4.79 Å². The average Bonchev–Trinajstić information content (AvgIpc) is 2.37. The number of unbranched alkanes of at least 4 members (excludes halogenated alkanes) is 1. The lowest BCUT2D eigenvalue weighted by molar-refractivity contribution is -0.157. The van der Waals surface area contributed by atoms with Crippen LogP contribution in [0.5, 0.6) is 0 Å². The number of nitrogens with one attached hydrogen (secondary N) is 1. The number of carbonyl (C=O) groups is 1. The van der Waals surface area contributed by atoms with Gasteiger partial charge >= 0.3 is 5.97 Å². The molecule has 0 heterocycles. The predicted octanol–water partition coefficient (Wildman–Crippen LogP) is 3.33. The summed E-state index contributed by atoms with van der Waals surface area (Å²) in [7, 11) is 0. The molecule has 0 amide bonds. The number of rotatable bonds is 7. The van der Waals surface area contributed by atoms with Gasteiger partial charge in [0.1, 0.15) is 11.6 Å². The first-order valence-electron chi connectivity index (χ1n) is 7.42. The summed E-state index contributed by atoms with van der Waals surface area (Å²) in [5, 5.41) is 3.32. The van der Waals surface area contributed by atoms with E-state index in [0.29, 0.717) is 6.42 Å². The van der Waals surface area contributed by atoms with Crippen molar-refractivity contribution in [2.24, 2.45) is 0 Å². The zero-order chi connectivity index (χ0) is 15.0. The Bertz CT molecular complexity index is 395. The lowest BCUT2D eigenvalue weighted by Crippen LogP contribution is -2.43. The highest BCUT2D eigenvalue weighted by Crippen LogP contribution is 2.11. The molecule has 1 N–H and O–H groups in total. The van der Waals surface area contributed by atoms with Crippen LogP contribution in [0.1, 0.15) is 46.1 Å². The van der Waals surface area contributed by atoms with E-state index in [0.717, 1.165) is 24.9 Å². The van der Waals surface area contributed by atoms with Crippen molar-refractivity contribution in [3.8, 4) is 0 Å². The molecule has 20 heavy (non-hydrogen) atoms. The van der Waals surface area contributed by atoms with Gasteiger partial charge in [0.25, 0.3) is 0 Å². The molecule has 0 bridgehead atoms. The minimum Gasteiger partial charge on any atom is -0.459 e. The highest BCUT2D eigenvalue weighted by molar-refractivity contribution is 5.76. The van der Waals surface area contributed by atoms with Crippen molar-refractivity contribution >= 4 is 5.97 Å². The molecule has 0 unspecified atom stereocenters. The molecule has 0 fully saturated rings. The Morgan fingerprint density at radius 3 is 2.45 bits per heavy atom. The van der Waals surface area contributed by atoms with E-state index in [-0.39, 0.29) is 12.0 Å². The third kappa shape index (κ3) is 6.71. The molecule has 0 aliphatic rings. The molecule has 0 aliphatic heterocycles. The number of esters is 1. The van der Waals surface area contributed by atoms with Crippen molar-refractivity contribution in [1.82, 2.24) is 5.32 Å². The largest absolute Gasteiger partial charge is 0.459 e. The van der Waals surface area contributed by atoms with Crippen molar-refractivity contribution in [2.45, 2.75) is 58.6 Å². The van der Waals surface area contributed by atoms with Gasteiger partial charge in [-0.05, 0) is 45.7 Å². The highest BCUT2D eigenvalue weighted by Gasteiger charge is 2.24. The zero-order valence-electron chi connectivity index (χ0n) is 13.1. The van der Waals surface area contributed by atoms with Gasteiger partial charge in [0.2, 0.25) is 0 Å². The number of hydrogen-bond donors (Lipinski definition) is 1. The summed E-state index contributed by atoms with van der Waals surface area (Å²) in [5.41, 5.74) is 0.700. The van der Waals surface area contributed by atoms with Gasteiger partial charge < -0.3 is 10.1 Å². The van der Waals surface area contributed by atoms with E-state index in [2.05, 4.69) is 12.2 Å². The van der Waals surface area contributed by atoms with E-state index in [1.807, 2.05) is 51.1 Å². The molecule has 3 nitrogen and oxygen atoms in total. The molecule has 3 heteroatoms. The highest BCUT2D eigenvalue weighted by atomic mass is 16.6. The number of ether oxygens (including phenoxy) is 1. The summed E-state index contributed by atoms with van der Waals surface area (Å²) in [6, 6.07) is 9.78. The van der Waals surface area contributed by atoms with Crippen molar-refractivity contribution in [3.05, 3.63) is 35.9 Å². The lowest BCUT2D eigenvalue weighted by atomic mass is 10.1. The zero-order valence-corrected chi connectivity index (χ0v) is 13.1. The molecular weight excluding hydrogens is 250 g/mol. The third-order valence-corrected chi connectivity index (χ3v) is 2.90. The molecule has 0 aliphatic carbocycles. The number of benzene rings is 1. The van der Waals surface area contributed by atoms with Crippen LogP contribution in [0.25, 0.3) is 0 Å². The van der Waals surface area contributed by atoms with E-state index < -0.39 is 5.60 Å². The first-order valence-corrected chi connectivity index (χ1v) is 7.42. The van der Waals surface area contributed by atoms with Gasteiger partial charge in [-0.1, -0.05) is 43.7 Å². The van der Waals surface area contributed by atoms with E-state index in [1.165, 1.54) is 0 Å². The Labute approximate surface area is 122 Å². The number of carbonyl (C=O) groups excluding carboxylic acids is 1. The topological polar surface area (TPSA) is 38.3 Å². The second-order valence-electron chi connectivity index (χ2n) is 6.08. The predicted molar refractivity (Wildman–Crippen MR) is 82.7 cm³/mol. The third-order valence-electron chi connectivity index (χ3n) is 2.90. The van der Waals surface area contributed by atoms with Crippen LogP contribution in [-0.4, -0.2) is 24.2 Å². The first kappa shape index (κ1) is 16.7. The lowest BCUT2D eigenvalue weighted by Gasteiger charge is -2.24. The second-order valence-corrected chi connectivity index (χ2v) is 6.08. The summed E-state index contributed by atoms with van der Waals surface area (Å²) < 4.78 is 5.50. The van der Waals surface area contributed by atoms with Crippen molar-refractivity contribution in [1.29, 1.82) is 0 Å². The quantitative estimate of drug-likeness (QED) is 0.613. The number of hydrogen-bond acceptors (Lipinski definition) is 3. The molecular formula is C17H27NO2. The maximum atomic E-state index is 12.3. The molecule has 1 rings (SSSR count). The molecule has 0 radical (unpaired) electrons. The first-order chi connectivity index (χ1) is 9.42. The van der Waals surface area contributed by atoms with Crippen molar-refractivity contribution in [2.75, 3.05) is 6.54 Å². The summed E-state index contributed by atoms with van der Waals surface area (Å²) in [6.45, 7) is 8.68. The molecule has 1 aromatic carbocycles. The van der Waals surface area contributed by atoms with Crippen LogP contribution in [0.4, 0.5) is 0 Å². The second kappa shape index (κ2) is 8.05. The van der Waals surface area contributed by atoms with Crippen LogP contribution in [0, 0.1) is 0 Å². The Kier molecular flexibility index (Phi) is 6.73. The van der Waals surface area contributed by atoms with Gasteiger partial charge in [-0.2, -0.15) is 0 Å². The Morgan fingerprint density at radius 1 is 1.25 bits per heavy atom. The van der Waals surface area contributed by atoms with Crippen LogP contribution in [0.2, 0.25) is 0 Å². The summed E-state index contributed by atoms with van der Waals surface area (Å²) in [5.74, 6) is -0.169. The Morgan fingerprint density at radius 2 is 1.90 bits per heavy atom. The molecule has 0 saturated carbocycles. The van der Waals surface area contributed by atoms with Crippen LogP contribution in [-0.2, 0) is 16.0 Å². The van der Waals surface area contributed by atoms with Gasteiger partial charge in [-0.25, -0.2) is 0 Å². The average molecular weight is 277 g/mol. The molecule has 1 aromatic rings. The summed E-state index contributed by atoms with van der Waals surface area (Å²) in [6.07, 6.45) is 2.84. The van der Waals surface area contributed by atoms with Gasteiger partial charge in [0.15, 0.2) is 0 Å². The summed E-state index contributed by atoms with van der Waals surface area (Å²) in [4.78, 5) is 12.3. The fraction of sp³-hybridized carbons (Fsp3) is 0.588. The molecule has 112 valence electrons. The van der Waals surface area contributed by atoms with E-state index in [4.69, 9.17) is 4.74 Å². The monoisotopic (exact) mass is 277 g/mol. The SMILES string of the molecule is CCCCN[C@@H](Cc1ccccc1)C(=O)OC(C)(C)C. The van der Waals surface area contributed by atoms with Gasteiger partial charge in [-0.15, -0.1) is 0 Å². The van der Waals surface area contributed by atoms with E-state index >= 15 is 0 Å². The van der Waals surface area contributed by atoms with Crippen LogP contribution < -0.4 is 5.32 Å². The maximum Gasteiger partial charge on any atom is 0.323 e. The standard InChI is InChI=1S/C17H27NO2/c1-5-6-12-18-15(16(19)20-17(2,3)4)13-14-10-8-7-9-11-14/h7-11,15,18H,5-6,12-13H2,1-4H3/t15-/m0/s1. The minimum atomic E-state index is -0.446. The molecule has 0 spiro atoms. The normalized spacial score (nSPS) is 13.0. The molecule has 1 atom stereocenters. The fourth-order valence-electron chi connectivity index (χ4n) is 1.91. The molecule has 0 saturated heterocycles. The smallest absolute Gasteiger partial charge is 0.323 e. The maximum absolute atomic E-state index is 12.3. The van der Waals surface area contributed by atoms with Crippen LogP contribution in [0.3, 0.4) is 0 Å². The van der Waals surface area contributed by atoms with Crippen LogP contribution in [0.15, 0.2) is 30.3 Å². The minimum absolute atomic E-state index is 0.169. The molecule has 0 aromatic heterocycles. The van der Waals surface area contributed by atoms with E-state index in [9.17, 15) is 4.79 Å². The van der Waals surface area contributed by atoms with Crippen LogP contribution >= 0.6 is 0 Å².